The lowest BCUT2D eigenvalue weighted by molar-refractivity contribution is -0.114. The molecule has 4 heteroatoms. The smallest absolute Gasteiger partial charge is 0.106 e. The third kappa shape index (κ3) is 2.92. The monoisotopic (exact) mass is 312 g/mol. The molecule has 0 aromatic carbocycles. The van der Waals surface area contributed by atoms with Crippen LogP contribution in [0.4, 0.5) is 0 Å². The molecule has 1 N–H and O–H groups in total. The first-order chi connectivity index (χ1) is 8.54. The fourth-order valence-corrected chi connectivity index (χ4v) is 2.87. The van der Waals surface area contributed by atoms with Crippen molar-refractivity contribution in [2.75, 3.05) is 6.61 Å². The van der Waals surface area contributed by atoms with E-state index in [-0.39, 0.29) is 5.41 Å². The summed E-state index contributed by atoms with van der Waals surface area (Å²) < 4.78 is 6.62. The summed E-state index contributed by atoms with van der Waals surface area (Å²) in [6, 6.07) is 6.52. The second kappa shape index (κ2) is 5.68. The zero-order valence-electron chi connectivity index (χ0n) is 11.2. The second-order valence-electron chi connectivity index (χ2n) is 5.39. The maximum Gasteiger partial charge on any atom is 0.106 e. The number of halogens is 1. The van der Waals surface area contributed by atoms with E-state index in [2.05, 4.69) is 47.0 Å². The van der Waals surface area contributed by atoms with E-state index in [4.69, 9.17) is 4.74 Å². The fraction of sp³-hybridized carbons (Fsp3) is 0.643. The van der Waals surface area contributed by atoms with Crippen LogP contribution in [-0.2, 0) is 11.3 Å². The fourth-order valence-electron chi connectivity index (χ4n) is 2.49. The van der Waals surface area contributed by atoms with E-state index in [0.717, 1.165) is 29.9 Å². The molecule has 3 nitrogen and oxygen atoms in total. The van der Waals surface area contributed by atoms with Gasteiger partial charge in [0.15, 0.2) is 0 Å². The SMILES string of the molecule is CCOC1CC(NCc2cccc(Br)n2)C1(C)C. The quantitative estimate of drug-likeness (QED) is 0.848. The maximum atomic E-state index is 5.73. The van der Waals surface area contributed by atoms with Crippen molar-refractivity contribution < 1.29 is 4.74 Å². The minimum Gasteiger partial charge on any atom is -0.378 e. The molecule has 1 aromatic rings. The van der Waals surface area contributed by atoms with E-state index in [1.165, 1.54) is 0 Å². The van der Waals surface area contributed by atoms with Gasteiger partial charge in [-0.15, -0.1) is 0 Å². The average Bonchev–Trinajstić information content (AvgIpc) is 2.33. The molecule has 0 spiro atoms. The Kier molecular flexibility index (Phi) is 4.41. The molecule has 100 valence electrons. The van der Waals surface area contributed by atoms with Crippen LogP contribution in [0.5, 0.6) is 0 Å². The highest BCUT2D eigenvalue weighted by Gasteiger charge is 2.48. The Balaban J connectivity index is 1.85. The largest absolute Gasteiger partial charge is 0.378 e. The van der Waals surface area contributed by atoms with Gasteiger partial charge in [0.1, 0.15) is 4.60 Å². The summed E-state index contributed by atoms with van der Waals surface area (Å²) in [6.07, 6.45) is 1.48. The summed E-state index contributed by atoms with van der Waals surface area (Å²) in [6.45, 7) is 8.20. The van der Waals surface area contributed by atoms with Crippen LogP contribution in [-0.4, -0.2) is 23.7 Å². The third-order valence-electron chi connectivity index (χ3n) is 3.85. The van der Waals surface area contributed by atoms with Crippen molar-refractivity contribution in [3.05, 3.63) is 28.5 Å². The third-order valence-corrected chi connectivity index (χ3v) is 4.29. The minimum absolute atomic E-state index is 0.210. The standard InChI is InChI=1S/C14H21BrN2O/c1-4-18-12-8-11(14(12,2)3)16-9-10-6-5-7-13(15)17-10/h5-7,11-12,16H,4,8-9H2,1-3H3. The second-order valence-corrected chi connectivity index (χ2v) is 6.20. The Morgan fingerprint density at radius 2 is 2.28 bits per heavy atom. The van der Waals surface area contributed by atoms with Crippen LogP contribution in [0.25, 0.3) is 0 Å². The van der Waals surface area contributed by atoms with Crippen molar-refractivity contribution >= 4 is 15.9 Å². The summed E-state index contributed by atoms with van der Waals surface area (Å²) >= 11 is 3.39. The highest BCUT2D eigenvalue weighted by Crippen LogP contribution is 2.42. The van der Waals surface area contributed by atoms with Crippen LogP contribution in [0.1, 0.15) is 32.9 Å². The molecule has 1 heterocycles. The summed E-state index contributed by atoms with van der Waals surface area (Å²) in [5.74, 6) is 0. The van der Waals surface area contributed by atoms with Crippen molar-refractivity contribution in [1.82, 2.24) is 10.3 Å². The molecule has 0 amide bonds. The van der Waals surface area contributed by atoms with Crippen molar-refractivity contribution in [2.45, 2.75) is 45.9 Å². The van der Waals surface area contributed by atoms with Gasteiger partial charge in [0.25, 0.3) is 0 Å². The summed E-state index contributed by atoms with van der Waals surface area (Å²) in [5.41, 5.74) is 1.28. The molecule has 1 saturated carbocycles. The Morgan fingerprint density at radius 1 is 1.50 bits per heavy atom. The van der Waals surface area contributed by atoms with Crippen molar-refractivity contribution in [1.29, 1.82) is 0 Å². The lowest BCUT2D eigenvalue weighted by atomic mass is 9.64. The van der Waals surface area contributed by atoms with Gasteiger partial charge in [-0.25, -0.2) is 4.98 Å². The number of nitrogens with zero attached hydrogens (tertiary/aromatic N) is 1. The van der Waals surface area contributed by atoms with E-state index in [1.807, 2.05) is 18.2 Å². The predicted octanol–water partition coefficient (Wildman–Crippen LogP) is 3.14. The van der Waals surface area contributed by atoms with Crippen molar-refractivity contribution in [2.24, 2.45) is 5.41 Å². The van der Waals surface area contributed by atoms with Crippen LogP contribution >= 0.6 is 15.9 Å². The Hall–Kier alpha value is -0.450. The van der Waals surface area contributed by atoms with Crippen LogP contribution in [0.3, 0.4) is 0 Å². The zero-order chi connectivity index (χ0) is 13.2. The highest BCUT2D eigenvalue weighted by molar-refractivity contribution is 9.10. The number of ether oxygens (including phenoxy) is 1. The van der Waals surface area contributed by atoms with Gasteiger partial charge in [-0.1, -0.05) is 19.9 Å². The summed E-state index contributed by atoms with van der Waals surface area (Å²) in [4.78, 5) is 4.43. The van der Waals surface area contributed by atoms with Crippen LogP contribution in [0.2, 0.25) is 0 Å². The first-order valence-corrected chi connectivity index (χ1v) is 7.29. The van der Waals surface area contributed by atoms with Crippen LogP contribution < -0.4 is 5.32 Å². The van der Waals surface area contributed by atoms with Crippen molar-refractivity contribution in [3.8, 4) is 0 Å². The summed E-state index contributed by atoms with van der Waals surface area (Å²) in [5, 5.41) is 3.58. The molecule has 1 aromatic heterocycles. The number of hydrogen-bond donors (Lipinski definition) is 1. The first-order valence-electron chi connectivity index (χ1n) is 6.50. The minimum atomic E-state index is 0.210. The summed E-state index contributed by atoms with van der Waals surface area (Å²) in [7, 11) is 0. The molecule has 1 aliphatic rings. The van der Waals surface area contributed by atoms with Gasteiger partial charge < -0.3 is 10.1 Å². The predicted molar refractivity (Wildman–Crippen MR) is 76.4 cm³/mol. The van der Waals surface area contributed by atoms with E-state index in [9.17, 15) is 0 Å². The van der Waals surface area contributed by atoms with Crippen LogP contribution in [0.15, 0.2) is 22.8 Å². The molecule has 0 bridgehead atoms. The Morgan fingerprint density at radius 3 is 2.89 bits per heavy atom. The maximum absolute atomic E-state index is 5.73. The molecule has 1 fully saturated rings. The van der Waals surface area contributed by atoms with Gasteiger partial charge in [0.2, 0.25) is 0 Å². The molecule has 0 saturated heterocycles. The topological polar surface area (TPSA) is 34.1 Å². The molecule has 18 heavy (non-hydrogen) atoms. The Labute approximate surface area is 117 Å². The first kappa shape index (κ1) is 14.0. The van der Waals surface area contributed by atoms with Gasteiger partial charge in [0, 0.05) is 24.6 Å². The average molecular weight is 313 g/mol. The number of nitrogens with one attached hydrogen (secondary N) is 1. The molecule has 0 aliphatic heterocycles. The molecule has 2 rings (SSSR count). The molecular formula is C14H21BrN2O. The number of hydrogen-bond acceptors (Lipinski definition) is 3. The Bertz CT molecular complexity index is 409. The van der Waals surface area contributed by atoms with Gasteiger partial charge in [-0.3, -0.25) is 0 Å². The van der Waals surface area contributed by atoms with Gasteiger partial charge in [-0.05, 0) is 41.4 Å². The zero-order valence-corrected chi connectivity index (χ0v) is 12.8. The molecule has 2 atom stereocenters. The molecule has 2 unspecified atom stereocenters. The van der Waals surface area contributed by atoms with Gasteiger partial charge >= 0.3 is 0 Å². The highest BCUT2D eigenvalue weighted by atomic mass is 79.9. The molecular weight excluding hydrogens is 292 g/mol. The number of pyridine rings is 1. The lowest BCUT2D eigenvalue weighted by Gasteiger charge is -2.51. The van der Waals surface area contributed by atoms with E-state index >= 15 is 0 Å². The number of rotatable bonds is 5. The normalized spacial score (nSPS) is 25.8. The molecule has 0 radical (unpaired) electrons. The number of aromatic nitrogens is 1. The van der Waals surface area contributed by atoms with Gasteiger partial charge in [0.05, 0.1) is 11.8 Å². The lowest BCUT2D eigenvalue weighted by Crippen LogP contribution is -2.60. The van der Waals surface area contributed by atoms with E-state index in [0.29, 0.717) is 12.1 Å². The van der Waals surface area contributed by atoms with E-state index in [1.54, 1.807) is 0 Å². The van der Waals surface area contributed by atoms with Crippen molar-refractivity contribution in [3.63, 3.8) is 0 Å². The van der Waals surface area contributed by atoms with Crippen LogP contribution in [0, 0.1) is 5.41 Å². The molecule has 1 aliphatic carbocycles. The van der Waals surface area contributed by atoms with Gasteiger partial charge in [-0.2, -0.15) is 0 Å². The van der Waals surface area contributed by atoms with E-state index < -0.39 is 0 Å².